The summed E-state index contributed by atoms with van der Waals surface area (Å²) >= 11 is 0. The van der Waals surface area contributed by atoms with Crippen LogP contribution in [0, 0.1) is 0 Å². The molecule has 1 N–H and O–H groups in total. The molecule has 0 atom stereocenters. The van der Waals surface area contributed by atoms with Crippen molar-refractivity contribution in [3.05, 3.63) is 0 Å². The van der Waals surface area contributed by atoms with Gasteiger partial charge in [0.25, 0.3) is 0 Å². The molecule has 0 saturated carbocycles. The Morgan fingerprint density at radius 3 is 2.12 bits per heavy atom. The first-order chi connectivity index (χ1) is 7.76. The molecular weight excluding hydrogens is 264 g/mol. The summed E-state index contributed by atoms with van der Waals surface area (Å²) in [6, 6.07) is -0.0759. The van der Waals surface area contributed by atoms with Gasteiger partial charge in [-0.05, 0) is 25.9 Å². The van der Waals surface area contributed by atoms with Crippen molar-refractivity contribution < 1.29 is 16.8 Å². The van der Waals surface area contributed by atoms with Gasteiger partial charge in [-0.3, -0.25) is 0 Å². The Balaban J connectivity index is 2.85. The summed E-state index contributed by atoms with van der Waals surface area (Å²) in [6.07, 6.45) is 2.41. The predicted molar refractivity (Wildman–Crippen MR) is 66.9 cm³/mol. The van der Waals surface area contributed by atoms with Gasteiger partial charge in [-0.1, -0.05) is 6.92 Å². The third-order valence-electron chi connectivity index (χ3n) is 2.75. The van der Waals surface area contributed by atoms with Crippen LogP contribution in [0.1, 0.15) is 19.8 Å². The first-order valence-electron chi connectivity index (χ1n) is 5.64. The largest absolute Gasteiger partial charge is 0.317 e. The van der Waals surface area contributed by atoms with E-state index in [0.717, 1.165) is 32.2 Å². The van der Waals surface area contributed by atoms with E-state index in [2.05, 4.69) is 5.32 Å². The average molecular weight is 284 g/mol. The van der Waals surface area contributed by atoms with E-state index < -0.39 is 24.9 Å². The molecule has 6 nitrogen and oxygen atoms in total. The van der Waals surface area contributed by atoms with E-state index in [1.54, 1.807) is 6.92 Å². The Bertz CT molecular complexity index is 438. The molecule has 0 bridgehead atoms. The van der Waals surface area contributed by atoms with E-state index in [4.69, 9.17) is 0 Å². The van der Waals surface area contributed by atoms with Crippen molar-refractivity contribution in [3.8, 4) is 0 Å². The van der Waals surface area contributed by atoms with Crippen LogP contribution >= 0.6 is 0 Å². The van der Waals surface area contributed by atoms with Crippen LogP contribution in [0.2, 0.25) is 0 Å². The maximum atomic E-state index is 12.0. The summed E-state index contributed by atoms with van der Waals surface area (Å²) in [5, 5.41) is 2.36. The summed E-state index contributed by atoms with van der Waals surface area (Å²) < 4.78 is 47.6. The van der Waals surface area contributed by atoms with Crippen LogP contribution in [0.5, 0.6) is 0 Å². The highest BCUT2D eigenvalue weighted by Crippen LogP contribution is 2.17. The molecule has 0 radical (unpaired) electrons. The van der Waals surface area contributed by atoms with Crippen LogP contribution in [0.3, 0.4) is 0 Å². The predicted octanol–water partition coefficient (Wildman–Crippen LogP) is -0.608. The first-order valence-corrected chi connectivity index (χ1v) is 9.31. The number of rotatable bonds is 5. The Morgan fingerprint density at radius 2 is 1.71 bits per heavy atom. The molecule has 1 saturated heterocycles. The fourth-order valence-corrected chi connectivity index (χ4v) is 5.88. The van der Waals surface area contributed by atoms with E-state index in [1.165, 1.54) is 4.31 Å². The van der Waals surface area contributed by atoms with Crippen LogP contribution in [0.25, 0.3) is 0 Å². The topological polar surface area (TPSA) is 83.6 Å². The van der Waals surface area contributed by atoms with Gasteiger partial charge in [-0.25, -0.2) is 16.8 Å². The fourth-order valence-electron chi connectivity index (χ4n) is 2.11. The van der Waals surface area contributed by atoms with Gasteiger partial charge in [0.05, 0.1) is 0 Å². The van der Waals surface area contributed by atoms with Crippen LogP contribution in [-0.2, 0) is 19.9 Å². The third kappa shape index (κ3) is 4.53. The maximum absolute atomic E-state index is 12.0. The molecule has 0 unspecified atom stereocenters. The number of hydrogen-bond donors (Lipinski definition) is 1. The lowest BCUT2D eigenvalue weighted by Crippen LogP contribution is -2.47. The van der Waals surface area contributed by atoms with Gasteiger partial charge in [0.1, 0.15) is 0 Å². The summed E-state index contributed by atoms with van der Waals surface area (Å²) in [5.41, 5.74) is 0. The second-order valence-electron chi connectivity index (χ2n) is 4.34. The number of sulfonamides is 1. The third-order valence-corrected chi connectivity index (χ3v) is 6.92. The summed E-state index contributed by atoms with van der Waals surface area (Å²) in [7, 11) is -7.23. The quantitative estimate of drug-likeness (QED) is 0.728. The molecule has 1 aliphatic heterocycles. The van der Waals surface area contributed by atoms with Crippen molar-refractivity contribution in [2.75, 3.05) is 31.0 Å². The van der Waals surface area contributed by atoms with Gasteiger partial charge < -0.3 is 5.32 Å². The lowest BCUT2D eigenvalue weighted by molar-refractivity contribution is 0.272. The van der Waals surface area contributed by atoms with Gasteiger partial charge in [0, 0.05) is 18.8 Å². The van der Waals surface area contributed by atoms with E-state index in [-0.39, 0.29) is 6.04 Å². The number of hydrogen-bond acceptors (Lipinski definition) is 5. The van der Waals surface area contributed by atoms with Gasteiger partial charge in [-0.2, -0.15) is 4.31 Å². The summed E-state index contributed by atoms with van der Waals surface area (Å²) in [4.78, 5) is 0. The highest BCUT2D eigenvalue weighted by Gasteiger charge is 2.31. The zero-order chi connectivity index (χ0) is 13.1. The number of sulfone groups is 1. The molecule has 1 rings (SSSR count). The zero-order valence-corrected chi connectivity index (χ0v) is 11.8. The van der Waals surface area contributed by atoms with Crippen molar-refractivity contribution in [1.29, 1.82) is 0 Å². The average Bonchev–Trinajstić information content (AvgIpc) is 2.15. The molecule has 1 fully saturated rings. The van der Waals surface area contributed by atoms with Crippen molar-refractivity contribution in [2.24, 2.45) is 0 Å². The van der Waals surface area contributed by atoms with Crippen molar-refractivity contribution in [1.82, 2.24) is 9.62 Å². The van der Waals surface area contributed by atoms with Gasteiger partial charge in [0.2, 0.25) is 10.0 Å². The molecule has 0 aromatic rings. The molecule has 102 valence electrons. The molecule has 8 heteroatoms. The number of nitrogens with one attached hydrogen (secondary N) is 1. The lowest BCUT2D eigenvalue weighted by Gasteiger charge is -2.32. The first kappa shape index (κ1) is 14.9. The molecular formula is C9H20N2O4S2. The van der Waals surface area contributed by atoms with E-state index >= 15 is 0 Å². The van der Waals surface area contributed by atoms with Gasteiger partial charge >= 0.3 is 0 Å². The van der Waals surface area contributed by atoms with Crippen molar-refractivity contribution in [3.63, 3.8) is 0 Å². The number of nitrogens with zero attached hydrogens (tertiary/aromatic N) is 1. The Labute approximate surface area is 103 Å². The molecule has 0 aromatic heterocycles. The maximum Gasteiger partial charge on any atom is 0.228 e. The minimum Gasteiger partial charge on any atom is -0.317 e. The minimum atomic E-state index is -3.71. The molecule has 1 aliphatic rings. The monoisotopic (exact) mass is 284 g/mol. The molecule has 0 spiro atoms. The Kier molecular flexibility index (Phi) is 4.94. The lowest BCUT2D eigenvalue weighted by atomic mass is 10.1. The van der Waals surface area contributed by atoms with Crippen LogP contribution in [-0.4, -0.2) is 58.2 Å². The van der Waals surface area contributed by atoms with Crippen molar-refractivity contribution in [2.45, 2.75) is 25.8 Å². The van der Waals surface area contributed by atoms with E-state index in [9.17, 15) is 16.8 Å². The molecule has 0 aliphatic carbocycles. The second kappa shape index (κ2) is 5.64. The smallest absolute Gasteiger partial charge is 0.228 e. The zero-order valence-electron chi connectivity index (χ0n) is 10.2. The normalized spacial score (nSPS) is 19.7. The highest BCUT2D eigenvalue weighted by atomic mass is 32.3. The molecule has 0 amide bonds. The minimum absolute atomic E-state index is 0.0759. The Morgan fingerprint density at radius 1 is 1.18 bits per heavy atom. The fraction of sp³-hybridized carbons (Fsp3) is 1.00. The standard InChI is InChI=1S/C9H20N2O4S2/c1-3-11(9-4-6-10-7-5-9)17(14,15)8-16(2,12)13/h9-10H,3-8H2,1-2H3. The van der Waals surface area contributed by atoms with Crippen LogP contribution in [0.4, 0.5) is 0 Å². The SMILES string of the molecule is CCN(C1CCNCC1)S(=O)(=O)CS(C)(=O)=O. The molecule has 1 heterocycles. The van der Waals surface area contributed by atoms with Crippen LogP contribution < -0.4 is 5.32 Å². The van der Waals surface area contributed by atoms with E-state index in [0.29, 0.717) is 6.54 Å². The number of piperidine rings is 1. The van der Waals surface area contributed by atoms with Gasteiger partial charge in [-0.15, -0.1) is 0 Å². The highest BCUT2D eigenvalue weighted by molar-refractivity contribution is 8.06. The molecule has 17 heavy (non-hydrogen) atoms. The summed E-state index contributed by atoms with van der Waals surface area (Å²) in [5.74, 6) is 0. The van der Waals surface area contributed by atoms with Crippen molar-refractivity contribution >= 4 is 19.9 Å². The Hall–Kier alpha value is -0.180. The molecule has 0 aromatic carbocycles. The van der Waals surface area contributed by atoms with Gasteiger partial charge in [0.15, 0.2) is 14.9 Å². The van der Waals surface area contributed by atoms with Crippen LogP contribution in [0.15, 0.2) is 0 Å². The summed E-state index contributed by atoms with van der Waals surface area (Å²) in [6.45, 7) is 3.61. The van der Waals surface area contributed by atoms with E-state index in [1.807, 2.05) is 0 Å². The second-order valence-corrected chi connectivity index (χ2v) is 8.77.